The van der Waals surface area contributed by atoms with Gasteiger partial charge in [-0.2, -0.15) is 0 Å². The average Bonchev–Trinajstić information content (AvgIpc) is 2.98. The Balaban J connectivity index is 1.90. The van der Waals surface area contributed by atoms with Crippen molar-refractivity contribution in [3.8, 4) is 5.75 Å². The lowest BCUT2D eigenvalue weighted by Crippen LogP contribution is -2.30. The molecule has 0 aliphatic heterocycles. The number of nitrogens with zero attached hydrogens (tertiary/aromatic N) is 3. The Morgan fingerprint density at radius 2 is 2.17 bits per heavy atom. The number of pyridine rings is 1. The van der Waals surface area contributed by atoms with E-state index in [-0.39, 0.29) is 11.3 Å². The number of carbonyl (C=O) groups excluding carboxylic acids is 1. The molecule has 2 N–H and O–H groups in total. The number of fused-ring (bicyclic) bond motifs is 1. The van der Waals surface area contributed by atoms with E-state index in [0.29, 0.717) is 17.9 Å². The highest BCUT2D eigenvalue weighted by molar-refractivity contribution is 5.94. The maximum atomic E-state index is 13.9. The third-order valence-electron chi connectivity index (χ3n) is 3.73. The molecule has 3 aromatic rings. The van der Waals surface area contributed by atoms with Crippen LogP contribution in [0.3, 0.4) is 0 Å². The van der Waals surface area contributed by atoms with E-state index in [0.717, 1.165) is 12.5 Å². The lowest BCUT2D eigenvalue weighted by molar-refractivity contribution is 0.0928. The van der Waals surface area contributed by atoms with Crippen LogP contribution in [0, 0.1) is 5.82 Å². The van der Waals surface area contributed by atoms with Gasteiger partial charge in [0.25, 0.3) is 5.91 Å². The smallest absolute Gasteiger partial charge is 0.254 e. The van der Waals surface area contributed by atoms with Gasteiger partial charge in [0.05, 0.1) is 11.6 Å². The minimum absolute atomic E-state index is 0.122. The predicted octanol–water partition coefficient (Wildman–Crippen LogP) is 2.85. The van der Waals surface area contributed by atoms with Gasteiger partial charge >= 0.3 is 0 Å². The number of aromatic nitrogens is 3. The van der Waals surface area contributed by atoms with Crippen LogP contribution >= 0.6 is 0 Å². The van der Waals surface area contributed by atoms with Crippen molar-refractivity contribution in [1.82, 2.24) is 19.9 Å². The van der Waals surface area contributed by atoms with Crippen LogP contribution < -0.4 is 5.32 Å². The summed E-state index contributed by atoms with van der Waals surface area (Å²) >= 11 is 0. The van der Waals surface area contributed by atoms with Gasteiger partial charge in [0.15, 0.2) is 11.5 Å². The van der Waals surface area contributed by atoms with Gasteiger partial charge in [0.2, 0.25) is 0 Å². The van der Waals surface area contributed by atoms with Crippen LogP contribution in [0.5, 0.6) is 5.75 Å². The third-order valence-corrected chi connectivity index (χ3v) is 3.73. The van der Waals surface area contributed by atoms with Crippen LogP contribution in [0.1, 0.15) is 42.0 Å². The zero-order valence-corrected chi connectivity index (χ0v) is 13.1. The molecule has 2 heterocycles. The second-order valence-corrected chi connectivity index (χ2v) is 5.47. The van der Waals surface area contributed by atoms with Gasteiger partial charge in [-0.25, -0.2) is 4.39 Å². The predicted molar refractivity (Wildman–Crippen MR) is 86.2 cm³/mol. The highest BCUT2D eigenvalue weighted by Crippen LogP contribution is 2.20. The minimum atomic E-state index is -0.770. The molecule has 0 aliphatic carbocycles. The van der Waals surface area contributed by atoms with Crippen LogP contribution in [0.2, 0.25) is 0 Å². The molecular weight excluding hydrogens is 311 g/mol. The average molecular weight is 328 g/mol. The summed E-state index contributed by atoms with van der Waals surface area (Å²) in [5, 5.41) is 20.3. The van der Waals surface area contributed by atoms with Gasteiger partial charge in [0, 0.05) is 12.3 Å². The van der Waals surface area contributed by atoms with E-state index >= 15 is 0 Å². The fourth-order valence-electron chi connectivity index (χ4n) is 2.58. The zero-order valence-electron chi connectivity index (χ0n) is 13.1. The Hall–Kier alpha value is -2.96. The SMILES string of the molecule is CCC[C@H](NC(=O)c1ccc(O)cc1F)c1nnc2ccccn12. The first kappa shape index (κ1) is 15.9. The molecule has 0 radical (unpaired) electrons. The quantitative estimate of drug-likeness (QED) is 0.755. The van der Waals surface area contributed by atoms with Crippen molar-refractivity contribution in [3.63, 3.8) is 0 Å². The van der Waals surface area contributed by atoms with Gasteiger partial charge in [-0.15, -0.1) is 10.2 Å². The summed E-state index contributed by atoms with van der Waals surface area (Å²) in [6.07, 6.45) is 3.27. The Labute approximate surface area is 138 Å². The maximum absolute atomic E-state index is 13.9. The Bertz CT molecular complexity index is 878. The molecule has 2 aromatic heterocycles. The fourth-order valence-corrected chi connectivity index (χ4v) is 2.58. The number of phenolic OH excluding ortho intramolecular Hbond substituents is 1. The van der Waals surface area contributed by atoms with Gasteiger partial charge in [0.1, 0.15) is 11.6 Å². The van der Waals surface area contributed by atoms with E-state index in [9.17, 15) is 14.3 Å². The highest BCUT2D eigenvalue weighted by atomic mass is 19.1. The Morgan fingerprint density at radius 3 is 2.92 bits per heavy atom. The van der Waals surface area contributed by atoms with Gasteiger partial charge in [-0.05, 0) is 30.7 Å². The molecule has 124 valence electrons. The summed E-state index contributed by atoms with van der Waals surface area (Å²) in [6, 6.07) is 8.58. The number of hydrogen-bond acceptors (Lipinski definition) is 4. The van der Waals surface area contributed by atoms with Crippen LogP contribution in [0.4, 0.5) is 4.39 Å². The monoisotopic (exact) mass is 328 g/mol. The van der Waals surface area contributed by atoms with Crippen molar-refractivity contribution >= 4 is 11.6 Å². The van der Waals surface area contributed by atoms with Crippen molar-refractivity contribution in [2.75, 3.05) is 0 Å². The minimum Gasteiger partial charge on any atom is -0.508 e. The first-order valence-electron chi connectivity index (χ1n) is 7.69. The van der Waals surface area contributed by atoms with Gasteiger partial charge < -0.3 is 10.4 Å². The molecule has 0 fully saturated rings. The van der Waals surface area contributed by atoms with E-state index in [4.69, 9.17) is 0 Å². The van der Waals surface area contributed by atoms with Crippen LogP contribution in [0.15, 0.2) is 42.6 Å². The zero-order chi connectivity index (χ0) is 17.1. The molecule has 3 rings (SSSR count). The number of phenols is 1. The number of amides is 1. The Kier molecular flexibility index (Phi) is 4.41. The number of rotatable bonds is 5. The van der Waals surface area contributed by atoms with Crippen molar-refractivity contribution < 1.29 is 14.3 Å². The lowest BCUT2D eigenvalue weighted by Gasteiger charge is -2.17. The van der Waals surface area contributed by atoms with E-state index in [2.05, 4.69) is 15.5 Å². The summed E-state index contributed by atoms with van der Waals surface area (Å²) in [5.74, 6) is -0.954. The number of halogens is 1. The fraction of sp³-hybridized carbons (Fsp3) is 0.235. The first-order valence-corrected chi connectivity index (χ1v) is 7.69. The normalized spacial score (nSPS) is 12.2. The topological polar surface area (TPSA) is 79.5 Å². The van der Waals surface area contributed by atoms with E-state index in [1.165, 1.54) is 12.1 Å². The molecule has 24 heavy (non-hydrogen) atoms. The summed E-state index contributed by atoms with van der Waals surface area (Å²) in [6.45, 7) is 1.99. The second-order valence-electron chi connectivity index (χ2n) is 5.47. The largest absolute Gasteiger partial charge is 0.508 e. The number of nitrogens with one attached hydrogen (secondary N) is 1. The molecule has 0 bridgehead atoms. The molecule has 0 unspecified atom stereocenters. The Morgan fingerprint density at radius 1 is 1.33 bits per heavy atom. The van der Waals surface area contributed by atoms with Crippen LogP contribution in [0.25, 0.3) is 5.65 Å². The van der Waals surface area contributed by atoms with Crippen LogP contribution in [-0.2, 0) is 0 Å². The number of benzene rings is 1. The van der Waals surface area contributed by atoms with Gasteiger partial charge in [-0.3, -0.25) is 9.20 Å². The van der Waals surface area contributed by atoms with Crippen molar-refractivity contribution in [2.45, 2.75) is 25.8 Å². The van der Waals surface area contributed by atoms with E-state index < -0.39 is 17.8 Å². The van der Waals surface area contributed by atoms with Crippen molar-refractivity contribution in [1.29, 1.82) is 0 Å². The summed E-state index contributed by atoms with van der Waals surface area (Å²) in [7, 11) is 0. The summed E-state index contributed by atoms with van der Waals surface area (Å²) in [4.78, 5) is 12.4. The number of carbonyl (C=O) groups is 1. The third kappa shape index (κ3) is 3.05. The molecular formula is C17H17FN4O2. The molecule has 1 amide bonds. The summed E-state index contributed by atoms with van der Waals surface area (Å²) in [5.41, 5.74) is 0.557. The standard InChI is InChI=1S/C17H17FN4O2/c1-2-5-14(16-21-20-15-6-3-4-9-22(15)16)19-17(24)12-8-7-11(23)10-13(12)18/h3-4,6-10,14,23H,2,5H2,1H3,(H,19,24)/t14-/m0/s1. The molecule has 1 aromatic carbocycles. The summed E-state index contributed by atoms with van der Waals surface area (Å²) < 4.78 is 15.7. The molecule has 0 spiro atoms. The lowest BCUT2D eigenvalue weighted by atomic mass is 10.1. The molecule has 6 nitrogen and oxygen atoms in total. The number of hydrogen-bond donors (Lipinski definition) is 2. The second kappa shape index (κ2) is 6.66. The first-order chi connectivity index (χ1) is 11.6. The van der Waals surface area contributed by atoms with Crippen molar-refractivity contribution in [3.05, 3.63) is 59.8 Å². The van der Waals surface area contributed by atoms with E-state index in [1.54, 1.807) is 4.40 Å². The van der Waals surface area contributed by atoms with Crippen LogP contribution in [-0.4, -0.2) is 25.6 Å². The van der Waals surface area contributed by atoms with Crippen molar-refractivity contribution in [2.24, 2.45) is 0 Å². The highest BCUT2D eigenvalue weighted by Gasteiger charge is 2.22. The van der Waals surface area contributed by atoms with E-state index in [1.807, 2.05) is 31.3 Å². The molecule has 0 saturated heterocycles. The molecule has 1 atom stereocenters. The molecule has 7 heteroatoms. The molecule has 0 saturated carbocycles. The maximum Gasteiger partial charge on any atom is 0.254 e. The van der Waals surface area contributed by atoms with Gasteiger partial charge in [-0.1, -0.05) is 19.4 Å². The molecule has 0 aliphatic rings. The number of aromatic hydroxyl groups is 1.